The summed E-state index contributed by atoms with van der Waals surface area (Å²) in [4.78, 5) is 34.1. The normalized spacial score (nSPS) is 14.7. The monoisotopic (exact) mass is 1060 g/mol. The zero-order chi connectivity index (χ0) is 52.9. The van der Waals surface area contributed by atoms with Gasteiger partial charge >= 0.3 is 0 Å². The summed E-state index contributed by atoms with van der Waals surface area (Å²) < 4.78 is 64.5. The average Bonchev–Trinajstić information content (AvgIpc) is 3.77. The lowest BCUT2D eigenvalue weighted by Gasteiger charge is -2.32. The summed E-state index contributed by atoms with van der Waals surface area (Å²) in [7, 11) is 3.59. The minimum absolute atomic E-state index is 0.0182. The van der Waals surface area contributed by atoms with Crippen molar-refractivity contribution in [2.45, 2.75) is 30.4 Å². The van der Waals surface area contributed by atoms with Crippen LogP contribution in [-0.2, 0) is 21.2 Å². The molecule has 0 spiro atoms. The molecule has 0 saturated carbocycles. The van der Waals surface area contributed by atoms with Crippen molar-refractivity contribution >= 4 is 60.4 Å². The number of carbonyl (C=O) groups excluding carboxylic acids is 1. The number of aryl methyl sites for hydroxylation is 1. The van der Waals surface area contributed by atoms with Crippen LogP contribution in [0.1, 0.15) is 23.5 Å². The van der Waals surface area contributed by atoms with E-state index >= 15 is 0 Å². The number of primary amides is 1. The fourth-order valence-electron chi connectivity index (χ4n) is 8.63. The number of rotatable bonds is 21. The van der Waals surface area contributed by atoms with Gasteiger partial charge in [-0.1, -0.05) is 12.1 Å². The molecule has 4 aromatic carbocycles. The van der Waals surface area contributed by atoms with Gasteiger partial charge in [0.1, 0.15) is 28.0 Å². The van der Waals surface area contributed by atoms with Crippen LogP contribution in [0.15, 0.2) is 102 Å². The minimum Gasteiger partial charge on any atom is -0.493 e. The van der Waals surface area contributed by atoms with Crippen LogP contribution in [0.5, 0.6) is 46.0 Å². The molecule has 7 aromatic rings. The molecule has 1 amide bonds. The molecule has 0 bridgehead atoms. The van der Waals surface area contributed by atoms with Crippen LogP contribution >= 0.6 is 11.3 Å². The van der Waals surface area contributed by atoms with Gasteiger partial charge in [0.25, 0.3) is 10.0 Å². The SMILES string of the molecule is COc1cc2c(Oc3cccc(N)c3)ccnc2cc1OCCCN1CCN(C)CC1.COc1cc2c(Oc3cccc(NS(=O)(=O)c4sc(CC(N)=O)nc4C)c3)ccnc2cc1OCCCN1CCN(C)CC1. The first kappa shape index (κ1) is 54.3. The van der Waals surface area contributed by atoms with Crippen molar-refractivity contribution < 1.29 is 41.6 Å². The van der Waals surface area contributed by atoms with Crippen molar-refractivity contribution in [3.63, 3.8) is 0 Å². The van der Waals surface area contributed by atoms with Gasteiger partial charge in [0.15, 0.2) is 27.2 Å². The molecular formula is C54H66N10O9S2. The number of nitrogens with two attached hydrogens (primary N) is 2. The number of ether oxygens (including phenoxy) is 6. The van der Waals surface area contributed by atoms with E-state index < -0.39 is 15.9 Å². The zero-order valence-corrected chi connectivity index (χ0v) is 44.8. The van der Waals surface area contributed by atoms with Crippen molar-refractivity contribution in [2.24, 2.45) is 5.73 Å². The summed E-state index contributed by atoms with van der Waals surface area (Å²) in [6.45, 7) is 13.6. The number of aromatic nitrogens is 3. The largest absolute Gasteiger partial charge is 0.493 e. The Balaban J connectivity index is 0.000000211. The number of benzene rings is 4. The lowest BCUT2D eigenvalue weighted by molar-refractivity contribution is -0.117. The predicted octanol–water partition coefficient (Wildman–Crippen LogP) is 7.28. The maximum atomic E-state index is 13.1. The number of pyridine rings is 2. The molecule has 75 heavy (non-hydrogen) atoms. The Morgan fingerprint density at radius 2 is 1.17 bits per heavy atom. The summed E-state index contributed by atoms with van der Waals surface area (Å²) in [5, 5.41) is 1.90. The molecule has 0 atom stereocenters. The van der Waals surface area contributed by atoms with Crippen LogP contribution in [0.3, 0.4) is 0 Å². The fourth-order valence-corrected chi connectivity index (χ4v) is 11.3. The van der Waals surface area contributed by atoms with Crippen LogP contribution in [0.25, 0.3) is 21.8 Å². The number of likely N-dealkylation sites (N-methyl/N-ethyl adjacent to an activating group) is 2. The number of hydrogen-bond acceptors (Lipinski definition) is 18. The number of thiazole rings is 1. The van der Waals surface area contributed by atoms with Crippen molar-refractivity contribution in [1.29, 1.82) is 0 Å². The Morgan fingerprint density at radius 3 is 1.67 bits per heavy atom. The first-order chi connectivity index (χ1) is 36.2. The standard InChI is InChI=1S/C30H36N6O6S2.C24H30N4O3/c1-20-30(43-29(33-20)19-28(31)37)44(38,39)34-21-6-4-7-22(16-21)42-25-8-9-32-24-18-27(26(40-3)17-23(24)25)41-15-5-10-36-13-11-35(2)12-14-36;1-27-10-12-28(13-11-27)9-4-14-30-24-17-21-20(16-23(24)29-2)22(7-8-26-21)31-19-6-3-5-18(25)15-19/h4,6-9,16-18,34H,5,10-15,19H2,1-3H3,(H2,31,37);3,5-8,15-17H,4,9-14,25H2,1-2H3. The van der Waals surface area contributed by atoms with Gasteiger partial charge in [0.05, 0.1) is 56.3 Å². The summed E-state index contributed by atoms with van der Waals surface area (Å²) in [6.07, 6.45) is 5.12. The smallest absolute Gasteiger partial charge is 0.273 e. The molecule has 0 unspecified atom stereocenters. The van der Waals surface area contributed by atoms with Crippen LogP contribution in [0, 0.1) is 6.92 Å². The quantitative estimate of drug-likeness (QED) is 0.0475. The van der Waals surface area contributed by atoms with Crippen LogP contribution in [-0.4, -0.2) is 156 Å². The molecule has 398 valence electrons. The van der Waals surface area contributed by atoms with Gasteiger partial charge in [0.2, 0.25) is 5.91 Å². The molecule has 0 aliphatic carbocycles. The minimum atomic E-state index is -3.96. The molecule has 2 aliphatic rings. The topological polar surface area (TPSA) is 222 Å². The van der Waals surface area contributed by atoms with Crippen molar-refractivity contribution in [3.05, 3.63) is 108 Å². The lowest BCUT2D eigenvalue weighted by Crippen LogP contribution is -2.44. The zero-order valence-electron chi connectivity index (χ0n) is 43.1. The van der Waals surface area contributed by atoms with E-state index in [0.29, 0.717) is 92.2 Å². The van der Waals surface area contributed by atoms with Crippen molar-refractivity contribution in [2.75, 3.05) is 117 Å². The highest BCUT2D eigenvalue weighted by atomic mass is 32.2. The summed E-state index contributed by atoms with van der Waals surface area (Å²) >= 11 is 0.913. The third-order valence-corrected chi connectivity index (χ3v) is 15.8. The van der Waals surface area contributed by atoms with Crippen LogP contribution in [0.2, 0.25) is 0 Å². The van der Waals surface area contributed by atoms with E-state index in [9.17, 15) is 13.2 Å². The first-order valence-electron chi connectivity index (χ1n) is 24.8. The van der Waals surface area contributed by atoms with E-state index in [1.54, 1.807) is 69.9 Å². The van der Waals surface area contributed by atoms with Crippen molar-refractivity contribution in [1.82, 2.24) is 34.6 Å². The number of piperazine rings is 2. The molecule has 5 N–H and O–H groups in total. The number of methoxy groups -OCH3 is 2. The van der Waals surface area contributed by atoms with Crippen LogP contribution < -0.4 is 44.6 Å². The fraction of sp³-hybridized carbons (Fsp3) is 0.370. The molecule has 0 radical (unpaired) electrons. The van der Waals surface area contributed by atoms with Crippen molar-refractivity contribution in [3.8, 4) is 46.0 Å². The number of sulfonamides is 1. The molecule has 9 rings (SSSR count). The predicted molar refractivity (Wildman–Crippen MR) is 293 cm³/mol. The first-order valence-corrected chi connectivity index (χ1v) is 27.1. The number of amides is 1. The highest BCUT2D eigenvalue weighted by Crippen LogP contribution is 2.39. The molecule has 19 nitrogen and oxygen atoms in total. The summed E-state index contributed by atoms with van der Waals surface area (Å²) in [5.41, 5.74) is 13.8. The second-order valence-corrected chi connectivity index (χ2v) is 21.3. The molecule has 2 fully saturated rings. The maximum Gasteiger partial charge on any atom is 0.273 e. The maximum absolute atomic E-state index is 13.1. The van der Waals surface area contributed by atoms with Crippen LogP contribution in [0.4, 0.5) is 11.4 Å². The molecule has 2 aliphatic heterocycles. The Bertz CT molecular complexity index is 3160. The molecule has 2 saturated heterocycles. The van der Waals surface area contributed by atoms with E-state index in [0.717, 1.165) is 101 Å². The van der Waals surface area contributed by atoms with E-state index in [2.05, 4.69) is 53.4 Å². The van der Waals surface area contributed by atoms with Gasteiger partial charge in [0, 0.05) is 119 Å². The Hall–Kier alpha value is -7.01. The summed E-state index contributed by atoms with van der Waals surface area (Å²) in [6, 6.07) is 25.0. The van der Waals surface area contributed by atoms with Gasteiger partial charge in [-0.3, -0.25) is 19.5 Å². The highest BCUT2D eigenvalue weighted by molar-refractivity contribution is 7.94. The highest BCUT2D eigenvalue weighted by Gasteiger charge is 2.24. The number of nitrogens with one attached hydrogen (secondary N) is 1. The third-order valence-electron chi connectivity index (χ3n) is 12.7. The van der Waals surface area contributed by atoms with Gasteiger partial charge in [-0.25, -0.2) is 13.4 Å². The molecule has 5 heterocycles. The number of anilines is 2. The Labute approximate surface area is 442 Å². The second kappa shape index (κ2) is 25.5. The van der Waals surface area contributed by atoms with E-state index in [1.807, 2.05) is 48.5 Å². The second-order valence-electron chi connectivity index (χ2n) is 18.4. The van der Waals surface area contributed by atoms with Gasteiger partial charge < -0.3 is 59.5 Å². The number of fused-ring (bicyclic) bond motifs is 2. The summed E-state index contributed by atoms with van der Waals surface area (Å²) in [5.74, 6) is 4.25. The molecule has 21 heteroatoms. The number of hydrogen-bond donors (Lipinski definition) is 3. The van der Waals surface area contributed by atoms with E-state index in [1.165, 1.54) is 0 Å². The van der Waals surface area contributed by atoms with Gasteiger partial charge in [-0.15, -0.1) is 11.3 Å². The van der Waals surface area contributed by atoms with Gasteiger partial charge in [-0.05, 0) is 82.4 Å². The average molecular weight is 1060 g/mol. The lowest BCUT2D eigenvalue weighted by atomic mass is 10.1. The number of nitrogens with zero attached hydrogens (tertiary/aromatic N) is 7. The third kappa shape index (κ3) is 14.9. The van der Waals surface area contributed by atoms with E-state index in [-0.39, 0.29) is 10.6 Å². The number of nitrogen functional groups attached to an aromatic ring is 1. The Kier molecular flexibility index (Phi) is 18.4. The van der Waals surface area contributed by atoms with Gasteiger partial charge in [-0.2, -0.15) is 0 Å². The van der Waals surface area contributed by atoms with E-state index in [4.69, 9.17) is 39.9 Å². The molecule has 3 aromatic heterocycles. The number of carbonyl (C=O) groups is 1. The molecular weight excluding hydrogens is 997 g/mol. The Morgan fingerprint density at radius 1 is 0.667 bits per heavy atom.